The fraction of sp³-hybridized carbons (Fsp3) is 0.222. The first-order chi connectivity index (χ1) is 12.4. The van der Waals surface area contributed by atoms with Gasteiger partial charge in [-0.2, -0.15) is 0 Å². The Morgan fingerprint density at radius 2 is 1.62 bits per heavy atom. The molecule has 0 aliphatic carbocycles. The third-order valence-corrected chi connectivity index (χ3v) is 4.83. The number of para-hydroxylation sites is 1. The van der Waals surface area contributed by atoms with Gasteiger partial charge >= 0.3 is 0 Å². The molecule has 1 amide bonds. The second-order valence-electron chi connectivity index (χ2n) is 5.94. The summed E-state index contributed by atoms with van der Waals surface area (Å²) >= 11 is 1.10. The van der Waals surface area contributed by atoms with Crippen molar-refractivity contribution in [2.75, 3.05) is 32.1 Å². The highest BCUT2D eigenvalue weighted by Gasteiger charge is 2.27. The van der Waals surface area contributed by atoms with Crippen LogP contribution in [0.15, 0.2) is 36.4 Å². The van der Waals surface area contributed by atoms with E-state index in [9.17, 15) is 18.0 Å². The summed E-state index contributed by atoms with van der Waals surface area (Å²) in [5.74, 6) is -3.25. The minimum atomic E-state index is -0.947. The number of carbonyl (C=O) groups is 1. The van der Waals surface area contributed by atoms with Crippen LogP contribution in [-0.4, -0.2) is 43.0 Å². The average Bonchev–Trinajstić information content (AvgIpc) is 3.00. The molecule has 0 saturated carbocycles. The van der Waals surface area contributed by atoms with Crippen LogP contribution in [0.5, 0.6) is 0 Å². The Hall–Kier alpha value is -2.45. The van der Waals surface area contributed by atoms with Gasteiger partial charge < -0.3 is 4.90 Å². The van der Waals surface area contributed by atoms with Gasteiger partial charge in [-0.25, -0.2) is 18.2 Å². The first kappa shape index (κ1) is 18.3. The fourth-order valence-corrected chi connectivity index (χ4v) is 3.44. The molecule has 0 bridgehead atoms. The molecule has 4 nitrogen and oxygen atoms in total. The maximum Gasteiger partial charge on any atom is 0.266 e. The number of thiazole rings is 1. The molecule has 0 aliphatic heterocycles. The van der Waals surface area contributed by atoms with E-state index >= 15 is 0 Å². The van der Waals surface area contributed by atoms with Crippen LogP contribution < -0.4 is 4.90 Å². The predicted octanol–water partition coefficient (Wildman–Crippen LogP) is 3.92. The first-order valence-corrected chi connectivity index (χ1v) is 8.66. The monoisotopic (exact) mass is 379 g/mol. The predicted molar refractivity (Wildman–Crippen MR) is 96.2 cm³/mol. The van der Waals surface area contributed by atoms with Crippen molar-refractivity contribution in [3.8, 4) is 0 Å². The van der Waals surface area contributed by atoms with E-state index < -0.39 is 28.9 Å². The quantitative estimate of drug-likeness (QED) is 0.674. The van der Waals surface area contributed by atoms with Gasteiger partial charge in [0.15, 0.2) is 5.13 Å². The number of hydrogen-bond donors (Lipinski definition) is 0. The van der Waals surface area contributed by atoms with Crippen molar-refractivity contribution < 1.29 is 18.0 Å². The molecule has 0 radical (unpaired) electrons. The van der Waals surface area contributed by atoms with Gasteiger partial charge in [0.25, 0.3) is 5.91 Å². The normalized spacial score (nSPS) is 11.3. The van der Waals surface area contributed by atoms with E-state index in [1.54, 1.807) is 12.1 Å². The van der Waals surface area contributed by atoms with E-state index in [1.165, 1.54) is 17.0 Å². The number of halogens is 3. The zero-order valence-electron chi connectivity index (χ0n) is 14.2. The number of carbonyl (C=O) groups excluding carboxylic acids is 1. The number of nitrogens with zero attached hydrogens (tertiary/aromatic N) is 3. The maximum atomic E-state index is 14.1. The van der Waals surface area contributed by atoms with Crippen molar-refractivity contribution >= 4 is 32.6 Å². The SMILES string of the molecule is CN(C)CCN(C(=O)c1c(F)cccc1F)c1nc2c(F)cccc2s1. The number of aromatic nitrogens is 1. The zero-order valence-corrected chi connectivity index (χ0v) is 15.0. The maximum absolute atomic E-state index is 14.1. The minimum absolute atomic E-state index is 0.129. The Morgan fingerprint density at radius 3 is 2.23 bits per heavy atom. The fourth-order valence-electron chi connectivity index (χ4n) is 2.44. The lowest BCUT2D eigenvalue weighted by atomic mass is 10.1. The Kier molecular flexibility index (Phi) is 5.24. The molecule has 0 spiro atoms. The van der Waals surface area contributed by atoms with Gasteiger partial charge in [-0.1, -0.05) is 23.5 Å². The number of hydrogen-bond acceptors (Lipinski definition) is 4. The highest BCUT2D eigenvalue weighted by atomic mass is 32.1. The summed E-state index contributed by atoms with van der Waals surface area (Å²) in [6.45, 7) is 0.598. The topological polar surface area (TPSA) is 36.4 Å². The van der Waals surface area contributed by atoms with Crippen molar-refractivity contribution in [2.45, 2.75) is 0 Å². The molecule has 0 unspecified atom stereocenters. The molecule has 8 heteroatoms. The molecule has 0 saturated heterocycles. The molecule has 2 aromatic carbocycles. The second kappa shape index (κ2) is 7.43. The van der Waals surface area contributed by atoms with E-state index in [4.69, 9.17) is 0 Å². The van der Waals surface area contributed by atoms with Crippen molar-refractivity contribution in [1.29, 1.82) is 0 Å². The third-order valence-electron chi connectivity index (χ3n) is 3.78. The third kappa shape index (κ3) is 3.56. The van der Waals surface area contributed by atoms with Gasteiger partial charge in [-0.05, 0) is 38.4 Å². The summed E-state index contributed by atoms with van der Waals surface area (Å²) in [7, 11) is 3.62. The van der Waals surface area contributed by atoms with E-state index in [2.05, 4.69) is 4.98 Å². The Morgan fingerprint density at radius 1 is 1.00 bits per heavy atom. The number of anilines is 1. The lowest BCUT2D eigenvalue weighted by Crippen LogP contribution is -2.37. The summed E-state index contributed by atoms with van der Waals surface area (Å²) in [6, 6.07) is 7.74. The van der Waals surface area contributed by atoms with Crippen molar-refractivity contribution in [3.63, 3.8) is 0 Å². The lowest BCUT2D eigenvalue weighted by Gasteiger charge is -2.22. The van der Waals surface area contributed by atoms with E-state index in [0.717, 1.165) is 23.5 Å². The van der Waals surface area contributed by atoms with E-state index in [1.807, 2.05) is 19.0 Å². The first-order valence-electron chi connectivity index (χ1n) is 7.84. The van der Waals surface area contributed by atoms with Crippen molar-refractivity contribution in [2.24, 2.45) is 0 Å². The smallest absolute Gasteiger partial charge is 0.266 e. The van der Waals surface area contributed by atoms with Gasteiger partial charge in [-0.3, -0.25) is 9.69 Å². The van der Waals surface area contributed by atoms with Gasteiger partial charge in [0.1, 0.15) is 28.5 Å². The van der Waals surface area contributed by atoms with E-state index in [-0.39, 0.29) is 17.2 Å². The van der Waals surface area contributed by atoms with Crippen LogP contribution in [0.3, 0.4) is 0 Å². The van der Waals surface area contributed by atoms with Gasteiger partial charge in [0.2, 0.25) is 0 Å². The standard InChI is InChI=1S/C18H16F3N3OS/c1-23(2)9-10-24(17(25)15-11(19)5-3-6-12(15)20)18-22-16-13(21)7-4-8-14(16)26-18/h3-8H,9-10H2,1-2H3. The van der Waals surface area contributed by atoms with Crippen LogP contribution in [-0.2, 0) is 0 Å². The van der Waals surface area contributed by atoms with Crippen molar-refractivity contribution in [1.82, 2.24) is 9.88 Å². The molecule has 0 fully saturated rings. The summed E-state index contributed by atoms with van der Waals surface area (Å²) in [5.41, 5.74) is -0.518. The van der Waals surface area contributed by atoms with Gasteiger partial charge in [0, 0.05) is 13.1 Å². The largest absolute Gasteiger partial charge is 0.308 e. The molecular formula is C18H16F3N3OS. The molecule has 0 aliphatic rings. The minimum Gasteiger partial charge on any atom is -0.308 e. The van der Waals surface area contributed by atoms with Crippen LogP contribution in [0.1, 0.15) is 10.4 Å². The molecular weight excluding hydrogens is 363 g/mol. The molecule has 1 aromatic heterocycles. The number of likely N-dealkylation sites (N-methyl/N-ethyl adjacent to an activating group) is 1. The van der Waals surface area contributed by atoms with E-state index in [0.29, 0.717) is 11.2 Å². The van der Waals surface area contributed by atoms with Crippen LogP contribution in [0, 0.1) is 17.5 Å². The zero-order chi connectivity index (χ0) is 18.8. The van der Waals surface area contributed by atoms with Crippen molar-refractivity contribution in [3.05, 3.63) is 59.4 Å². The molecule has 136 valence electrons. The van der Waals surface area contributed by atoms with Crippen LogP contribution in [0.4, 0.5) is 18.3 Å². The number of rotatable bonds is 5. The highest BCUT2D eigenvalue weighted by Crippen LogP contribution is 2.31. The summed E-state index contributed by atoms with van der Waals surface area (Å²) < 4.78 is 42.6. The molecule has 3 rings (SSSR count). The summed E-state index contributed by atoms with van der Waals surface area (Å²) in [4.78, 5) is 20.1. The number of amides is 1. The number of benzene rings is 2. The molecule has 0 atom stereocenters. The lowest BCUT2D eigenvalue weighted by molar-refractivity contribution is 0.0977. The Bertz CT molecular complexity index is 938. The van der Waals surface area contributed by atoms with Gasteiger partial charge in [-0.15, -0.1) is 0 Å². The number of fused-ring (bicyclic) bond motifs is 1. The van der Waals surface area contributed by atoms with Crippen LogP contribution in [0.2, 0.25) is 0 Å². The van der Waals surface area contributed by atoms with Gasteiger partial charge in [0.05, 0.1) is 4.70 Å². The molecule has 3 aromatic rings. The average molecular weight is 379 g/mol. The molecule has 1 heterocycles. The summed E-state index contributed by atoms with van der Waals surface area (Å²) in [6.07, 6.45) is 0. The second-order valence-corrected chi connectivity index (χ2v) is 6.95. The molecule has 0 N–H and O–H groups in total. The van der Waals surface area contributed by atoms with Crippen LogP contribution in [0.25, 0.3) is 10.2 Å². The molecule has 26 heavy (non-hydrogen) atoms. The highest BCUT2D eigenvalue weighted by molar-refractivity contribution is 7.22. The summed E-state index contributed by atoms with van der Waals surface area (Å²) in [5, 5.41) is 0.194. The Balaban J connectivity index is 2.06. The van der Waals surface area contributed by atoms with Crippen LogP contribution >= 0.6 is 11.3 Å². The Labute approximate surface area is 152 Å².